The van der Waals surface area contributed by atoms with Crippen molar-refractivity contribution in [3.8, 4) is 11.5 Å². The molecule has 2 aromatic carbocycles. The van der Waals surface area contributed by atoms with E-state index in [0.717, 1.165) is 28.9 Å². The largest absolute Gasteiger partial charge is 0.496 e. The summed E-state index contributed by atoms with van der Waals surface area (Å²) in [7, 11) is 9.88. The molecular weight excluding hydrogens is 384 g/mol. The van der Waals surface area contributed by atoms with Crippen LogP contribution in [0.2, 0.25) is 0 Å². The van der Waals surface area contributed by atoms with Gasteiger partial charge in [0, 0.05) is 51.6 Å². The molecule has 0 saturated carbocycles. The number of rotatable bonds is 8. The van der Waals surface area contributed by atoms with Crippen LogP contribution in [0.1, 0.15) is 22.3 Å². The third-order valence-electron chi connectivity index (χ3n) is 6.52. The van der Waals surface area contributed by atoms with Gasteiger partial charge in [-0.25, -0.2) is 0 Å². The number of methoxy groups -OCH3 is 6. The molecule has 6 heteroatoms. The van der Waals surface area contributed by atoms with E-state index >= 15 is 0 Å². The molecule has 0 spiro atoms. The molecule has 2 unspecified atom stereocenters. The van der Waals surface area contributed by atoms with Crippen LogP contribution in [0.4, 0.5) is 0 Å². The van der Waals surface area contributed by atoms with E-state index in [1.807, 2.05) is 42.5 Å². The highest BCUT2D eigenvalue weighted by Crippen LogP contribution is 2.62. The lowest BCUT2D eigenvalue weighted by molar-refractivity contribution is -0.332. The van der Waals surface area contributed by atoms with Gasteiger partial charge in [0.15, 0.2) is 5.60 Å². The van der Waals surface area contributed by atoms with Crippen LogP contribution in [0, 0.1) is 0 Å². The normalized spacial score (nSPS) is 25.8. The van der Waals surface area contributed by atoms with Crippen LogP contribution in [0.3, 0.4) is 0 Å². The average Bonchev–Trinajstić information content (AvgIpc) is 2.77. The second-order valence-corrected chi connectivity index (χ2v) is 7.45. The highest BCUT2D eigenvalue weighted by Gasteiger charge is 2.67. The van der Waals surface area contributed by atoms with E-state index in [2.05, 4.69) is 6.07 Å². The Bertz CT molecular complexity index is 980. The Kier molecular flexibility index (Phi) is 5.14. The number of benzene rings is 2. The Labute approximate surface area is 177 Å². The van der Waals surface area contributed by atoms with Gasteiger partial charge in [-0.3, -0.25) is 0 Å². The molecule has 0 heterocycles. The topological polar surface area (TPSA) is 55.4 Å². The van der Waals surface area contributed by atoms with Crippen LogP contribution in [0.15, 0.2) is 48.6 Å². The molecule has 0 amide bonds. The summed E-state index contributed by atoms with van der Waals surface area (Å²) in [5.74, 6) is 0.402. The zero-order chi connectivity index (χ0) is 21.6. The zero-order valence-electron chi connectivity index (χ0n) is 18.3. The highest BCUT2D eigenvalue weighted by molar-refractivity contribution is 5.61. The molecule has 0 aromatic heterocycles. The zero-order valence-corrected chi connectivity index (χ0v) is 18.3. The summed E-state index contributed by atoms with van der Waals surface area (Å²) in [6, 6.07) is 11.8. The molecule has 2 aromatic rings. The Morgan fingerprint density at radius 2 is 1.33 bits per heavy atom. The van der Waals surface area contributed by atoms with Gasteiger partial charge in [-0.2, -0.15) is 0 Å². The van der Waals surface area contributed by atoms with Crippen molar-refractivity contribution in [2.45, 2.75) is 23.4 Å². The van der Waals surface area contributed by atoms with Gasteiger partial charge < -0.3 is 28.4 Å². The number of ether oxygens (including phenoxy) is 6. The molecule has 160 valence electrons. The third kappa shape index (κ3) is 2.39. The first-order valence-corrected chi connectivity index (χ1v) is 9.78. The van der Waals surface area contributed by atoms with Crippen molar-refractivity contribution >= 4 is 0 Å². The number of hydrogen-bond acceptors (Lipinski definition) is 6. The third-order valence-corrected chi connectivity index (χ3v) is 6.52. The van der Waals surface area contributed by atoms with Gasteiger partial charge in [0.25, 0.3) is 0 Å². The standard InChI is InChI=1S/C24H28O6/c1-25-18-11-7-9-16-15-22(27-3,20(16)18)13-14-23(28-4)21-17(24(23,29-5)30-6)10-8-12-19(21)26-2/h7-14H,15H2,1-6H3/b14-13+. The van der Waals surface area contributed by atoms with Gasteiger partial charge in [-0.05, 0) is 29.8 Å². The minimum Gasteiger partial charge on any atom is -0.496 e. The van der Waals surface area contributed by atoms with E-state index in [0.29, 0.717) is 5.75 Å². The van der Waals surface area contributed by atoms with E-state index in [9.17, 15) is 0 Å². The lowest BCUT2D eigenvalue weighted by Gasteiger charge is -2.56. The minimum absolute atomic E-state index is 0.627. The van der Waals surface area contributed by atoms with Crippen LogP contribution >= 0.6 is 0 Å². The van der Waals surface area contributed by atoms with Crippen molar-refractivity contribution in [1.82, 2.24) is 0 Å². The molecule has 2 atom stereocenters. The first-order valence-electron chi connectivity index (χ1n) is 9.78. The molecule has 2 aliphatic rings. The second kappa shape index (κ2) is 7.39. The van der Waals surface area contributed by atoms with E-state index in [4.69, 9.17) is 28.4 Å². The lowest BCUT2D eigenvalue weighted by atomic mass is 9.64. The number of fused-ring (bicyclic) bond motifs is 2. The van der Waals surface area contributed by atoms with Crippen LogP contribution < -0.4 is 9.47 Å². The molecule has 4 rings (SSSR count). The van der Waals surface area contributed by atoms with Crippen molar-refractivity contribution in [3.63, 3.8) is 0 Å². The molecule has 0 radical (unpaired) electrons. The SMILES string of the molecule is COc1cccc2c1C(/C=C/C1(OC)c3c(OC)cccc3C1(OC)OC)(OC)C2. The fourth-order valence-electron chi connectivity index (χ4n) is 5.04. The Morgan fingerprint density at radius 3 is 1.90 bits per heavy atom. The molecule has 0 fully saturated rings. The summed E-state index contributed by atoms with van der Waals surface area (Å²) in [5.41, 5.74) is 2.33. The van der Waals surface area contributed by atoms with Crippen LogP contribution in [-0.2, 0) is 42.4 Å². The minimum atomic E-state index is -1.11. The molecular formula is C24H28O6. The van der Waals surface area contributed by atoms with Crippen molar-refractivity contribution in [3.05, 3.63) is 70.8 Å². The van der Waals surface area contributed by atoms with Crippen LogP contribution in [0.25, 0.3) is 0 Å². The van der Waals surface area contributed by atoms with Gasteiger partial charge in [0.1, 0.15) is 17.1 Å². The summed E-state index contributed by atoms with van der Waals surface area (Å²) in [4.78, 5) is 0. The van der Waals surface area contributed by atoms with E-state index in [1.165, 1.54) is 5.56 Å². The molecule has 0 aliphatic heterocycles. The molecule has 0 bridgehead atoms. The van der Waals surface area contributed by atoms with Crippen molar-refractivity contribution in [2.24, 2.45) is 0 Å². The molecule has 0 N–H and O–H groups in total. The van der Waals surface area contributed by atoms with Gasteiger partial charge in [-0.15, -0.1) is 0 Å². The Hall–Kier alpha value is -2.38. The molecule has 0 saturated heterocycles. The molecule has 6 nitrogen and oxygen atoms in total. The van der Waals surface area contributed by atoms with Gasteiger partial charge in [0.2, 0.25) is 5.79 Å². The monoisotopic (exact) mass is 412 g/mol. The summed E-state index contributed by atoms with van der Waals surface area (Å²) in [6.45, 7) is 0. The first kappa shape index (κ1) is 20.9. The van der Waals surface area contributed by atoms with E-state index < -0.39 is 17.0 Å². The molecule has 2 aliphatic carbocycles. The second-order valence-electron chi connectivity index (χ2n) is 7.45. The number of hydrogen-bond donors (Lipinski definition) is 0. The maximum absolute atomic E-state index is 6.09. The van der Waals surface area contributed by atoms with E-state index in [1.54, 1.807) is 42.7 Å². The summed E-state index contributed by atoms with van der Waals surface area (Å²) in [5, 5.41) is 0. The Balaban J connectivity index is 1.86. The summed E-state index contributed by atoms with van der Waals surface area (Å²) < 4.78 is 35.1. The smallest absolute Gasteiger partial charge is 0.233 e. The maximum atomic E-state index is 6.09. The predicted molar refractivity (Wildman–Crippen MR) is 112 cm³/mol. The fourth-order valence-corrected chi connectivity index (χ4v) is 5.04. The van der Waals surface area contributed by atoms with Gasteiger partial charge in [0.05, 0.1) is 14.2 Å². The maximum Gasteiger partial charge on any atom is 0.233 e. The van der Waals surface area contributed by atoms with Crippen molar-refractivity contribution < 1.29 is 28.4 Å². The fraction of sp³-hybridized carbons (Fsp3) is 0.417. The van der Waals surface area contributed by atoms with Gasteiger partial charge in [-0.1, -0.05) is 24.3 Å². The summed E-state index contributed by atoms with van der Waals surface area (Å²) in [6.07, 6.45) is 4.71. The van der Waals surface area contributed by atoms with Crippen molar-refractivity contribution in [2.75, 3.05) is 42.7 Å². The summed E-state index contributed by atoms with van der Waals surface area (Å²) >= 11 is 0. The average molecular weight is 412 g/mol. The predicted octanol–water partition coefficient (Wildman–Crippen LogP) is 3.66. The van der Waals surface area contributed by atoms with Crippen LogP contribution in [0.5, 0.6) is 11.5 Å². The van der Waals surface area contributed by atoms with Crippen LogP contribution in [-0.4, -0.2) is 42.7 Å². The Morgan fingerprint density at radius 1 is 0.700 bits per heavy atom. The molecule has 30 heavy (non-hydrogen) atoms. The van der Waals surface area contributed by atoms with Gasteiger partial charge >= 0.3 is 0 Å². The van der Waals surface area contributed by atoms with E-state index in [-0.39, 0.29) is 0 Å². The lowest BCUT2D eigenvalue weighted by Crippen LogP contribution is -2.61. The highest BCUT2D eigenvalue weighted by atomic mass is 16.7. The van der Waals surface area contributed by atoms with Crippen molar-refractivity contribution in [1.29, 1.82) is 0 Å². The quantitative estimate of drug-likeness (QED) is 0.487. The first-order chi connectivity index (χ1) is 14.5.